The SMILES string of the molecule is CCCC1C(=O)NC(=O)N(c2cccc(F)c2F)C1=O. The van der Waals surface area contributed by atoms with Crippen LogP contribution in [0.25, 0.3) is 0 Å². The third-order valence-corrected chi connectivity index (χ3v) is 3.02. The summed E-state index contributed by atoms with van der Waals surface area (Å²) in [6.07, 6.45) is 0.767. The second kappa shape index (κ2) is 5.36. The number of urea groups is 1. The lowest BCUT2D eigenvalue weighted by Crippen LogP contribution is -2.58. The van der Waals surface area contributed by atoms with Crippen molar-refractivity contribution in [3.8, 4) is 0 Å². The summed E-state index contributed by atoms with van der Waals surface area (Å²) in [6.45, 7) is 1.77. The molecule has 1 unspecified atom stereocenters. The van der Waals surface area contributed by atoms with E-state index in [9.17, 15) is 23.2 Å². The van der Waals surface area contributed by atoms with Gasteiger partial charge >= 0.3 is 6.03 Å². The van der Waals surface area contributed by atoms with E-state index in [-0.39, 0.29) is 6.42 Å². The molecule has 1 heterocycles. The van der Waals surface area contributed by atoms with Gasteiger partial charge in [0, 0.05) is 0 Å². The summed E-state index contributed by atoms with van der Waals surface area (Å²) in [5, 5.41) is 1.98. The summed E-state index contributed by atoms with van der Waals surface area (Å²) in [5.41, 5.74) is -0.499. The molecule has 1 aliphatic heterocycles. The first-order chi connectivity index (χ1) is 9.47. The Kier molecular flexibility index (Phi) is 3.78. The Morgan fingerprint density at radius 2 is 1.95 bits per heavy atom. The summed E-state index contributed by atoms with van der Waals surface area (Å²) in [7, 11) is 0. The highest BCUT2D eigenvalue weighted by Crippen LogP contribution is 2.26. The summed E-state index contributed by atoms with van der Waals surface area (Å²) >= 11 is 0. The lowest BCUT2D eigenvalue weighted by Gasteiger charge is -2.30. The van der Waals surface area contributed by atoms with Crippen LogP contribution in [0.2, 0.25) is 0 Å². The number of barbiturate groups is 1. The van der Waals surface area contributed by atoms with E-state index >= 15 is 0 Å². The summed E-state index contributed by atoms with van der Waals surface area (Å²) < 4.78 is 26.9. The average Bonchev–Trinajstić information content (AvgIpc) is 2.39. The first-order valence-corrected chi connectivity index (χ1v) is 6.10. The molecule has 0 radical (unpaired) electrons. The number of halogens is 2. The number of nitrogens with one attached hydrogen (secondary N) is 1. The fourth-order valence-corrected chi connectivity index (χ4v) is 2.05. The van der Waals surface area contributed by atoms with Gasteiger partial charge in [-0.05, 0) is 18.6 Å². The molecule has 0 bridgehead atoms. The predicted molar refractivity (Wildman–Crippen MR) is 65.8 cm³/mol. The first kappa shape index (κ1) is 14.1. The van der Waals surface area contributed by atoms with Crippen LogP contribution in [0.3, 0.4) is 0 Å². The molecule has 7 heteroatoms. The maximum atomic E-state index is 13.7. The van der Waals surface area contributed by atoms with Crippen LogP contribution in [0.15, 0.2) is 18.2 Å². The quantitative estimate of drug-likeness (QED) is 0.862. The lowest BCUT2D eigenvalue weighted by molar-refractivity contribution is -0.134. The molecule has 106 valence electrons. The van der Waals surface area contributed by atoms with Crippen molar-refractivity contribution in [3.63, 3.8) is 0 Å². The Morgan fingerprint density at radius 1 is 1.25 bits per heavy atom. The number of carbonyl (C=O) groups is 3. The molecule has 1 N–H and O–H groups in total. The monoisotopic (exact) mass is 282 g/mol. The van der Waals surface area contributed by atoms with Crippen LogP contribution in [0, 0.1) is 17.6 Å². The van der Waals surface area contributed by atoms with Gasteiger partial charge in [0.25, 0.3) is 0 Å². The van der Waals surface area contributed by atoms with Crippen LogP contribution < -0.4 is 10.2 Å². The van der Waals surface area contributed by atoms with Crippen LogP contribution in [0.1, 0.15) is 19.8 Å². The maximum absolute atomic E-state index is 13.7. The smallest absolute Gasteiger partial charge is 0.277 e. The van der Waals surface area contributed by atoms with Gasteiger partial charge in [0.1, 0.15) is 5.92 Å². The number of carbonyl (C=O) groups excluding carboxylic acids is 3. The molecule has 1 atom stereocenters. The lowest BCUT2D eigenvalue weighted by atomic mass is 9.99. The largest absolute Gasteiger partial charge is 0.335 e. The molecule has 5 nitrogen and oxygen atoms in total. The molecule has 1 saturated heterocycles. The van der Waals surface area contributed by atoms with Crippen LogP contribution >= 0.6 is 0 Å². The molecule has 4 amide bonds. The molecule has 0 saturated carbocycles. The zero-order valence-corrected chi connectivity index (χ0v) is 10.7. The van der Waals surface area contributed by atoms with Crippen molar-refractivity contribution in [2.45, 2.75) is 19.8 Å². The second-order valence-electron chi connectivity index (χ2n) is 4.38. The van der Waals surface area contributed by atoms with Crippen LogP contribution in [0.4, 0.5) is 19.3 Å². The molecule has 20 heavy (non-hydrogen) atoms. The van der Waals surface area contributed by atoms with Crippen molar-refractivity contribution < 1.29 is 23.2 Å². The standard InChI is InChI=1S/C13H12F2N2O3/c1-2-4-7-11(18)16-13(20)17(12(7)19)9-6-3-5-8(14)10(9)15/h3,5-7H,2,4H2,1H3,(H,16,18,20). The minimum absolute atomic E-state index is 0.228. The molecule has 2 rings (SSSR count). The number of nitrogens with zero attached hydrogens (tertiary/aromatic N) is 1. The Morgan fingerprint density at radius 3 is 2.60 bits per heavy atom. The minimum atomic E-state index is -1.31. The topological polar surface area (TPSA) is 66.5 Å². The number of hydrogen-bond acceptors (Lipinski definition) is 3. The van der Waals surface area contributed by atoms with E-state index < -0.39 is 41.1 Å². The van der Waals surface area contributed by atoms with Gasteiger partial charge in [-0.2, -0.15) is 0 Å². The van der Waals surface area contributed by atoms with E-state index in [2.05, 4.69) is 0 Å². The minimum Gasteiger partial charge on any atom is -0.277 e. The zero-order valence-electron chi connectivity index (χ0n) is 10.7. The van der Waals surface area contributed by atoms with Crippen molar-refractivity contribution in [2.24, 2.45) is 5.92 Å². The van der Waals surface area contributed by atoms with Crippen LogP contribution in [0.5, 0.6) is 0 Å². The van der Waals surface area contributed by atoms with Gasteiger partial charge in [0.05, 0.1) is 5.69 Å². The predicted octanol–water partition coefficient (Wildman–Crippen LogP) is 1.96. The highest BCUT2D eigenvalue weighted by atomic mass is 19.2. The number of imide groups is 2. The van der Waals surface area contributed by atoms with Gasteiger partial charge in [-0.1, -0.05) is 19.4 Å². The molecule has 0 aromatic heterocycles. The summed E-state index contributed by atoms with van der Waals surface area (Å²) in [5.74, 6) is -5.10. The third-order valence-electron chi connectivity index (χ3n) is 3.02. The van der Waals surface area contributed by atoms with Crippen molar-refractivity contribution in [2.75, 3.05) is 4.90 Å². The second-order valence-corrected chi connectivity index (χ2v) is 4.38. The summed E-state index contributed by atoms with van der Waals surface area (Å²) in [6, 6.07) is 2.09. The first-order valence-electron chi connectivity index (χ1n) is 6.10. The van der Waals surface area contributed by atoms with Crippen molar-refractivity contribution >= 4 is 23.5 Å². The Bertz CT molecular complexity index is 589. The molecule has 1 fully saturated rings. The number of hydrogen-bond donors (Lipinski definition) is 1. The Hall–Kier alpha value is -2.31. The number of amides is 4. The average molecular weight is 282 g/mol. The van der Waals surface area contributed by atoms with E-state index in [0.29, 0.717) is 11.3 Å². The molecule has 1 aromatic carbocycles. The van der Waals surface area contributed by atoms with E-state index in [1.165, 1.54) is 6.07 Å². The Labute approximate surface area is 113 Å². The molecular formula is C13H12F2N2O3. The van der Waals surface area contributed by atoms with E-state index in [0.717, 1.165) is 12.1 Å². The summed E-state index contributed by atoms with van der Waals surface area (Å²) in [4.78, 5) is 35.9. The number of rotatable bonds is 3. The van der Waals surface area contributed by atoms with Crippen LogP contribution in [-0.2, 0) is 9.59 Å². The maximum Gasteiger partial charge on any atom is 0.335 e. The molecular weight excluding hydrogens is 270 g/mol. The third kappa shape index (κ3) is 2.26. The van der Waals surface area contributed by atoms with Crippen LogP contribution in [-0.4, -0.2) is 17.8 Å². The highest BCUT2D eigenvalue weighted by molar-refractivity contribution is 6.27. The van der Waals surface area contributed by atoms with E-state index in [1.54, 1.807) is 6.92 Å². The molecule has 1 aliphatic rings. The fraction of sp³-hybridized carbons (Fsp3) is 0.308. The van der Waals surface area contributed by atoms with Gasteiger partial charge in [-0.15, -0.1) is 0 Å². The fourth-order valence-electron chi connectivity index (χ4n) is 2.05. The number of benzene rings is 1. The van der Waals surface area contributed by atoms with Gasteiger partial charge < -0.3 is 0 Å². The zero-order chi connectivity index (χ0) is 14.9. The molecule has 0 aliphatic carbocycles. The van der Waals surface area contributed by atoms with Crippen molar-refractivity contribution in [3.05, 3.63) is 29.8 Å². The van der Waals surface area contributed by atoms with Crippen molar-refractivity contribution in [1.29, 1.82) is 0 Å². The van der Waals surface area contributed by atoms with Gasteiger partial charge in [0.15, 0.2) is 11.6 Å². The van der Waals surface area contributed by atoms with Gasteiger partial charge in [0.2, 0.25) is 11.8 Å². The van der Waals surface area contributed by atoms with E-state index in [1.807, 2.05) is 5.32 Å². The van der Waals surface area contributed by atoms with Gasteiger partial charge in [-0.25, -0.2) is 18.5 Å². The normalized spacial score (nSPS) is 19.2. The molecule has 0 spiro atoms. The number of anilines is 1. The Balaban J connectivity index is 2.44. The van der Waals surface area contributed by atoms with Gasteiger partial charge in [-0.3, -0.25) is 14.9 Å². The highest BCUT2D eigenvalue weighted by Gasteiger charge is 2.41. The van der Waals surface area contributed by atoms with E-state index in [4.69, 9.17) is 0 Å². The van der Waals surface area contributed by atoms with Crippen molar-refractivity contribution in [1.82, 2.24) is 5.32 Å². The molecule has 1 aromatic rings.